The predicted molar refractivity (Wildman–Crippen MR) is 69.3 cm³/mol. The zero-order valence-corrected chi connectivity index (χ0v) is 12.3. The van der Waals surface area contributed by atoms with E-state index in [1.54, 1.807) is 21.3 Å². The Hall–Kier alpha value is 0.0969. The van der Waals surface area contributed by atoms with E-state index in [1.807, 2.05) is 0 Å². The van der Waals surface area contributed by atoms with Crippen molar-refractivity contribution in [1.29, 1.82) is 0 Å². The SMILES string of the molecule is CCCCCC[CH]CC[Si](OC)(OC)OC. The summed E-state index contributed by atoms with van der Waals surface area (Å²) >= 11 is 0. The first kappa shape index (κ1) is 16.1. The van der Waals surface area contributed by atoms with Gasteiger partial charge in [-0.05, 0) is 12.8 Å². The Balaban J connectivity index is 3.48. The minimum absolute atomic E-state index is 0.879. The van der Waals surface area contributed by atoms with Crippen molar-refractivity contribution in [1.82, 2.24) is 0 Å². The number of hydrogen-bond acceptors (Lipinski definition) is 3. The third kappa shape index (κ3) is 6.63. The van der Waals surface area contributed by atoms with Gasteiger partial charge in [0.2, 0.25) is 0 Å². The molecule has 0 spiro atoms. The maximum atomic E-state index is 5.36. The lowest BCUT2D eigenvalue weighted by molar-refractivity contribution is 0.123. The molecule has 0 amide bonds. The second-order valence-electron chi connectivity index (χ2n) is 3.97. The molecule has 0 heterocycles. The molecule has 0 bridgehead atoms. The largest absolute Gasteiger partial charge is 0.500 e. The van der Waals surface area contributed by atoms with Crippen LogP contribution in [0.15, 0.2) is 0 Å². The number of hydrogen-bond donors (Lipinski definition) is 0. The fourth-order valence-electron chi connectivity index (χ4n) is 1.69. The standard InChI is InChI=1S/C12H27O3Si/c1-5-6-7-8-9-10-11-12-16(13-2,14-3)15-4/h10H,5-9,11-12H2,1-4H3. The van der Waals surface area contributed by atoms with Crippen molar-refractivity contribution >= 4 is 8.80 Å². The lowest BCUT2D eigenvalue weighted by Gasteiger charge is -2.24. The summed E-state index contributed by atoms with van der Waals surface area (Å²) in [6.07, 6.45) is 9.83. The van der Waals surface area contributed by atoms with E-state index >= 15 is 0 Å². The van der Waals surface area contributed by atoms with Crippen LogP contribution < -0.4 is 0 Å². The minimum Gasteiger partial charge on any atom is -0.377 e. The van der Waals surface area contributed by atoms with Gasteiger partial charge in [-0.3, -0.25) is 0 Å². The molecule has 0 aromatic carbocycles. The maximum absolute atomic E-state index is 5.36. The van der Waals surface area contributed by atoms with Gasteiger partial charge in [0.1, 0.15) is 0 Å². The van der Waals surface area contributed by atoms with Gasteiger partial charge in [0.15, 0.2) is 0 Å². The van der Waals surface area contributed by atoms with Crippen molar-refractivity contribution in [2.75, 3.05) is 21.3 Å². The fraction of sp³-hybridized carbons (Fsp3) is 0.917. The molecule has 0 fully saturated rings. The Bertz CT molecular complexity index is 141. The van der Waals surface area contributed by atoms with Gasteiger partial charge in [0, 0.05) is 27.4 Å². The van der Waals surface area contributed by atoms with Crippen LogP contribution in [0.3, 0.4) is 0 Å². The van der Waals surface area contributed by atoms with Gasteiger partial charge >= 0.3 is 8.80 Å². The van der Waals surface area contributed by atoms with E-state index in [0.717, 1.165) is 12.5 Å². The highest BCUT2D eigenvalue weighted by atomic mass is 28.4. The summed E-state index contributed by atoms with van der Waals surface area (Å²) in [5.74, 6) is 0. The summed E-state index contributed by atoms with van der Waals surface area (Å²) in [7, 11) is 2.68. The summed E-state index contributed by atoms with van der Waals surface area (Å²) in [5, 5.41) is 0. The van der Waals surface area contributed by atoms with Crippen LogP contribution in [0.2, 0.25) is 6.04 Å². The van der Waals surface area contributed by atoms with Crippen LogP contribution in [-0.2, 0) is 13.3 Å². The highest BCUT2D eigenvalue weighted by Gasteiger charge is 2.36. The van der Waals surface area contributed by atoms with Crippen LogP contribution in [0.4, 0.5) is 0 Å². The third-order valence-electron chi connectivity index (χ3n) is 2.85. The molecule has 1 radical (unpaired) electrons. The third-order valence-corrected chi connectivity index (χ3v) is 5.62. The molecule has 0 rings (SSSR count). The predicted octanol–water partition coefficient (Wildman–Crippen LogP) is 3.43. The molecule has 0 aliphatic heterocycles. The van der Waals surface area contributed by atoms with Crippen LogP contribution in [0, 0.1) is 6.42 Å². The van der Waals surface area contributed by atoms with Gasteiger partial charge in [-0.15, -0.1) is 0 Å². The van der Waals surface area contributed by atoms with E-state index in [2.05, 4.69) is 13.3 Å². The molecule has 0 aromatic heterocycles. The van der Waals surface area contributed by atoms with Crippen molar-refractivity contribution in [2.45, 2.75) is 51.5 Å². The Kier molecular flexibility index (Phi) is 10.3. The fourth-order valence-corrected chi connectivity index (χ4v) is 3.36. The second kappa shape index (κ2) is 10.3. The Morgan fingerprint density at radius 1 is 0.875 bits per heavy atom. The summed E-state index contributed by atoms with van der Waals surface area (Å²) < 4.78 is 16.1. The molecule has 0 aliphatic carbocycles. The van der Waals surface area contributed by atoms with E-state index in [9.17, 15) is 0 Å². The second-order valence-corrected chi connectivity index (χ2v) is 7.06. The Labute approximate surface area is 102 Å². The average Bonchev–Trinajstić information content (AvgIpc) is 2.34. The maximum Gasteiger partial charge on any atom is 0.500 e. The number of rotatable bonds is 11. The molecular formula is C12H27O3Si. The Morgan fingerprint density at radius 2 is 1.50 bits per heavy atom. The van der Waals surface area contributed by atoms with E-state index in [-0.39, 0.29) is 0 Å². The van der Waals surface area contributed by atoms with Gasteiger partial charge in [0.25, 0.3) is 0 Å². The summed E-state index contributed by atoms with van der Waals surface area (Å²) in [4.78, 5) is 0. The molecule has 0 saturated carbocycles. The lowest BCUT2D eigenvalue weighted by atomic mass is 10.1. The molecule has 0 atom stereocenters. The van der Waals surface area contributed by atoms with Gasteiger partial charge < -0.3 is 13.3 Å². The van der Waals surface area contributed by atoms with Crippen LogP contribution in [-0.4, -0.2) is 30.1 Å². The zero-order valence-electron chi connectivity index (χ0n) is 11.3. The molecule has 16 heavy (non-hydrogen) atoms. The van der Waals surface area contributed by atoms with Gasteiger partial charge in [-0.25, -0.2) is 0 Å². The van der Waals surface area contributed by atoms with E-state index < -0.39 is 8.80 Å². The molecule has 0 N–H and O–H groups in total. The van der Waals surface area contributed by atoms with Gasteiger partial charge in [-0.2, -0.15) is 0 Å². The van der Waals surface area contributed by atoms with Crippen LogP contribution in [0.1, 0.15) is 45.4 Å². The van der Waals surface area contributed by atoms with Crippen LogP contribution in [0.5, 0.6) is 0 Å². The molecule has 0 saturated heterocycles. The highest BCUT2D eigenvalue weighted by molar-refractivity contribution is 6.60. The van der Waals surface area contributed by atoms with Crippen molar-refractivity contribution in [3.63, 3.8) is 0 Å². The van der Waals surface area contributed by atoms with Crippen molar-refractivity contribution in [2.24, 2.45) is 0 Å². The monoisotopic (exact) mass is 247 g/mol. The smallest absolute Gasteiger partial charge is 0.377 e. The zero-order chi connectivity index (χ0) is 12.3. The van der Waals surface area contributed by atoms with E-state index in [0.29, 0.717) is 0 Å². The average molecular weight is 247 g/mol. The minimum atomic E-state index is -2.32. The summed E-state index contributed by atoms with van der Waals surface area (Å²) in [6, 6.07) is 0.879. The van der Waals surface area contributed by atoms with E-state index in [1.165, 1.54) is 32.1 Å². The molecule has 0 aliphatic rings. The first-order chi connectivity index (χ1) is 7.74. The first-order valence-electron chi connectivity index (χ1n) is 6.21. The molecule has 0 aromatic rings. The lowest BCUT2D eigenvalue weighted by Crippen LogP contribution is -2.42. The quantitative estimate of drug-likeness (QED) is 0.413. The summed E-state index contributed by atoms with van der Waals surface area (Å²) in [5.41, 5.74) is 0. The van der Waals surface area contributed by atoms with Crippen molar-refractivity contribution in [3.05, 3.63) is 6.42 Å². The number of unbranched alkanes of at least 4 members (excludes halogenated alkanes) is 6. The summed E-state index contributed by atoms with van der Waals surface area (Å²) in [6.45, 7) is 2.24. The molecule has 3 nitrogen and oxygen atoms in total. The van der Waals surface area contributed by atoms with Crippen molar-refractivity contribution < 1.29 is 13.3 Å². The topological polar surface area (TPSA) is 27.7 Å². The van der Waals surface area contributed by atoms with Gasteiger partial charge in [0.05, 0.1) is 0 Å². The van der Waals surface area contributed by atoms with Crippen molar-refractivity contribution in [3.8, 4) is 0 Å². The Morgan fingerprint density at radius 3 is 2.00 bits per heavy atom. The first-order valence-corrected chi connectivity index (χ1v) is 8.15. The molecular weight excluding hydrogens is 220 g/mol. The molecule has 0 unspecified atom stereocenters. The highest BCUT2D eigenvalue weighted by Crippen LogP contribution is 2.17. The van der Waals surface area contributed by atoms with Gasteiger partial charge in [-0.1, -0.05) is 39.0 Å². The molecule has 4 heteroatoms. The van der Waals surface area contributed by atoms with Crippen LogP contribution >= 0.6 is 0 Å². The normalized spacial score (nSPS) is 12.0. The van der Waals surface area contributed by atoms with E-state index in [4.69, 9.17) is 13.3 Å². The molecule has 97 valence electrons. The van der Waals surface area contributed by atoms with Crippen LogP contribution in [0.25, 0.3) is 0 Å².